The van der Waals surface area contributed by atoms with E-state index in [0.29, 0.717) is 30.6 Å². The maximum absolute atomic E-state index is 13.0. The zero-order valence-corrected chi connectivity index (χ0v) is 10.5. The largest absolute Gasteiger partial charge is 0.476 e. The van der Waals surface area contributed by atoms with Crippen LogP contribution in [0.15, 0.2) is 24.3 Å². The fourth-order valence-electron chi connectivity index (χ4n) is 2.46. The Balaban J connectivity index is 2.22. The first-order valence-electron chi connectivity index (χ1n) is 6.22. The van der Waals surface area contributed by atoms with Gasteiger partial charge in [0.25, 0.3) is 0 Å². The van der Waals surface area contributed by atoms with E-state index in [1.54, 1.807) is 0 Å². The number of carbonyl (C=O) groups excluding carboxylic acids is 1. The molecule has 102 valence electrons. The van der Waals surface area contributed by atoms with E-state index in [4.69, 9.17) is 0 Å². The topological polar surface area (TPSA) is 72.2 Å². The van der Waals surface area contributed by atoms with Gasteiger partial charge in [0, 0.05) is 6.42 Å². The minimum absolute atomic E-state index is 0.188. The summed E-state index contributed by atoms with van der Waals surface area (Å²) in [6.45, 7) is 0. The quantitative estimate of drug-likeness (QED) is 0.911. The number of rotatable bonds is 2. The van der Waals surface area contributed by atoms with Crippen LogP contribution in [-0.2, 0) is 6.42 Å². The van der Waals surface area contributed by atoms with Gasteiger partial charge in [0.1, 0.15) is 5.82 Å². The zero-order chi connectivity index (χ0) is 14.3. The number of hydrogen-bond acceptors (Lipinski definition) is 3. The molecule has 1 heterocycles. The van der Waals surface area contributed by atoms with E-state index in [-0.39, 0.29) is 22.9 Å². The standard InChI is InChI=1S/C14H11FN2O3/c15-8-4-6-9(7-5-8)17-10-2-1-3-11(18)12(10)13(16-17)14(19)20/h4-7H,1-3H2,(H,19,20). The monoisotopic (exact) mass is 274 g/mol. The maximum Gasteiger partial charge on any atom is 0.357 e. The highest BCUT2D eigenvalue weighted by Crippen LogP contribution is 2.27. The molecule has 3 rings (SSSR count). The van der Waals surface area contributed by atoms with E-state index < -0.39 is 5.97 Å². The minimum atomic E-state index is -1.22. The van der Waals surface area contributed by atoms with Crippen LogP contribution in [0, 0.1) is 5.82 Å². The Kier molecular flexibility index (Phi) is 2.85. The summed E-state index contributed by atoms with van der Waals surface area (Å²) >= 11 is 0. The molecule has 0 fully saturated rings. The summed E-state index contributed by atoms with van der Waals surface area (Å²) in [7, 11) is 0. The van der Waals surface area contributed by atoms with Crippen molar-refractivity contribution >= 4 is 11.8 Å². The van der Waals surface area contributed by atoms with Gasteiger partial charge in [-0.15, -0.1) is 0 Å². The lowest BCUT2D eigenvalue weighted by atomic mass is 9.94. The van der Waals surface area contributed by atoms with Crippen LogP contribution in [0.2, 0.25) is 0 Å². The second-order valence-corrected chi connectivity index (χ2v) is 4.64. The van der Waals surface area contributed by atoms with Crippen LogP contribution in [0.1, 0.15) is 39.4 Å². The number of carbonyl (C=O) groups is 2. The maximum atomic E-state index is 13.0. The highest BCUT2D eigenvalue weighted by molar-refractivity contribution is 6.06. The molecule has 0 bridgehead atoms. The molecular weight excluding hydrogens is 263 g/mol. The summed E-state index contributed by atoms with van der Waals surface area (Å²) in [6.07, 6.45) is 1.58. The van der Waals surface area contributed by atoms with Crippen molar-refractivity contribution in [3.8, 4) is 5.69 Å². The molecular formula is C14H11FN2O3. The molecule has 0 spiro atoms. The van der Waals surface area contributed by atoms with Crippen LogP contribution >= 0.6 is 0 Å². The number of benzene rings is 1. The van der Waals surface area contributed by atoms with Gasteiger partial charge >= 0.3 is 5.97 Å². The van der Waals surface area contributed by atoms with Crippen LogP contribution in [0.5, 0.6) is 0 Å². The molecule has 1 aliphatic rings. The second kappa shape index (κ2) is 4.56. The predicted octanol–water partition coefficient (Wildman–Crippen LogP) is 2.23. The van der Waals surface area contributed by atoms with E-state index in [1.165, 1.54) is 28.9 Å². The van der Waals surface area contributed by atoms with E-state index in [9.17, 15) is 19.1 Å². The summed E-state index contributed by atoms with van der Waals surface area (Å²) in [4.78, 5) is 23.2. The number of carboxylic acid groups (broad SMARTS) is 1. The van der Waals surface area contributed by atoms with Gasteiger partial charge in [-0.2, -0.15) is 5.10 Å². The Hall–Kier alpha value is -2.50. The predicted molar refractivity (Wildman–Crippen MR) is 67.7 cm³/mol. The summed E-state index contributed by atoms with van der Waals surface area (Å²) in [5.74, 6) is -1.81. The number of halogens is 1. The zero-order valence-electron chi connectivity index (χ0n) is 10.5. The number of Topliss-reactive ketones (excluding diaryl/α,β-unsaturated/α-hetero) is 1. The molecule has 1 N–H and O–H groups in total. The average Bonchev–Trinajstić information content (AvgIpc) is 2.81. The van der Waals surface area contributed by atoms with Crippen molar-refractivity contribution in [3.05, 3.63) is 47.0 Å². The lowest BCUT2D eigenvalue weighted by Crippen LogP contribution is -2.14. The van der Waals surface area contributed by atoms with Gasteiger partial charge in [-0.3, -0.25) is 4.79 Å². The molecule has 0 aliphatic heterocycles. The van der Waals surface area contributed by atoms with E-state index in [2.05, 4.69) is 5.10 Å². The smallest absolute Gasteiger partial charge is 0.357 e. The molecule has 1 aromatic carbocycles. The molecule has 0 saturated carbocycles. The first-order valence-corrected chi connectivity index (χ1v) is 6.22. The van der Waals surface area contributed by atoms with Gasteiger partial charge in [-0.05, 0) is 37.1 Å². The number of hydrogen-bond donors (Lipinski definition) is 1. The third-order valence-corrected chi connectivity index (χ3v) is 3.35. The Labute approximate surface area is 113 Å². The Morgan fingerprint density at radius 1 is 1.25 bits per heavy atom. The Bertz CT molecular complexity index is 704. The number of carboxylic acids is 1. The highest BCUT2D eigenvalue weighted by atomic mass is 19.1. The van der Waals surface area contributed by atoms with Crippen LogP contribution in [-0.4, -0.2) is 26.6 Å². The van der Waals surface area contributed by atoms with Gasteiger partial charge in [-0.25, -0.2) is 13.9 Å². The summed E-state index contributed by atoms with van der Waals surface area (Å²) in [5.41, 5.74) is 1.09. The molecule has 0 atom stereocenters. The molecule has 20 heavy (non-hydrogen) atoms. The SMILES string of the molecule is O=C(O)c1nn(-c2ccc(F)cc2)c2c1C(=O)CCC2. The number of aromatic carboxylic acids is 1. The first kappa shape index (κ1) is 12.5. The molecule has 0 amide bonds. The lowest BCUT2D eigenvalue weighted by molar-refractivity contribution is 0.0684. The number of nitrogens with zero attached hydrogens (tertiary/aromatic N) is 2. The van der Waals surface area contributed by atoms with Crippen molar-refractivity contribution in [3.63, 3.8) is 0 Å². The lowest BCUT2D eigenvalue weighted by Gasteiger charge is -2.13. The highest BCUT2D eigenvalue weighted by Gasteiger charge is 2.30. The minimum Gasteiger partial charge on any atom is -0.476 e. The molecule has 2 aromatic rings. The summed E-state index contributed by atoms with van der Waals surface area (Å²) < 4.78 is 14.4. The van der Waals surface area contributed by atoms with Crippen LogP contribution in [0.4, 0.5) is 4.39 Å². The fourth-order valence-corrected chi connectivity index (χ4v) is 2.46. The van der Waals surface area contributed by atoms with E-state index >= 15 is 0 Å². The molecule has 5 nitrogen and oxygen atoms in total. The number of aromatic nitrogens is 2. The van der Waals surface area contributed by atoms with Crippen LogP contribution < -0.4 is 0 Å². The molecule has 6 heteroatoms. The third-order valence-electron chi connectivity index (χ3n) is 3.35. The average molecular weight is 274 g/mol. The van der Waals surface area contributed by atoms with Crippen molar-refractivity contribution in [1.82, 2.24) is 9.78 Å². The van der Waals surface area contributed by atoms with Crippen LogP contribution in [0.3, 0.4) is 0 Å². The van der Waals surface area contributed by atoms with Crippen molar-refractivity contribution in [2.75, 3.05) is 0 Å². The van der Waals surface area contributed by atoms with E-state index in [1.807, 2.05) is 0 Å². The van der Waals surface area contributed by atoms with Gasteiger partial charge in [0.2, 0.25) is 0 Å². The third kappa shape index (κ3) is 1.89. The van der Waals surface area contributed by atoms with Gasteiger partial charge in [0.15, 0.2) is 11.5 Å². The van der Waals surface area contributed by atoms with Crippen molar-refractivity contribution < 1.29 is 19.1 Å². The molecule has 0 unspecified atom stereocenters. The van der Waals surface area contributed by atoms with Crippen molar-refractivity contribution in [1.29, 1.82) is 0 Å². The van der Waals surface area contributed by atoms with Gasteiger partial charge in [0.05, 0.1) is 16.9 Å². The summed E-state index contributed by atoms with van der Waals surface area (Å²) in [6, 6.07) is 5.56. The first-order chi connectivity index (χ1) is 9.58. The molecule has 1 aliphatic carbocycles. The van der Waals surface area contributed by atoms with Gasteiger partial charge < -0.3 is 5.11 Å². The van der Waals surface area contributed by atoms with Crippen LogP contribution in [0.25, 0.3) is 5.69 Å². The second-order valence-electron chi connectivity index (χ2n) is 4.64. The number of ketones is 1. The van der Waals surface area contributed by atoms with Crippen molar-refractivity contribution in [2.24, 2.45) is 0 Å². The summed E-state index contributed by atoms with van der Waals surface area (Å²) in [5, 5.41) is 13.2. The van der Waals surface area contributed by atoms with E-state index in [0.717, 1.165) is 0 Å². The van der Waals surface area contributed by atoms with Gasteiger partial charge in [-0.1, -0.05) is 0 Å². The Morgan fingerprint density at radius 3 is 2.60 bits per heavy atom. The molecule has 1 aromatic heterocycles. The fraction of sp³-hybridized carbons (Fsp3) is 0.214. The molecule has 0 saturated heterocycles. The van der Waals surface area contributed by atoms with Crippen molar-refractivity contribution in [2.45, 2.75) is 19.3 Å². The normalized spacial score (nSPS) is 14.2. The number of fused-ring (bicyclic) bond motifs is 1. The Morgan fingerprint density at radius 2 is 1.95 bits per heavy atom. The molecule has 0 radical (unpaired) electrons.